The minimum Gasteiger partial charge on any atom is -0.497 e. The van der Waals surface area contributed by atoms with Crippen LogP contribution < -0.4 is 10.1 Å². The fraction of sp³-hybridized carbons (Fsp3) is 0.433. The van der Waals surface area contributed by atoms with Crippen molar-refractivity contribution in [2.24, 2.45) is 0 Å². The van der Waals surface area contributed by atoms with Crippen LogP contribution in [0.1, 0.15) is 55.8 Å². The molecule has 2 amide bonds. The van der Waals surface area contributed by atoms with Crippen LogP contribution in [0.5, 0.6) is 5.75 Å². The normalized spacial score (nSPS) is 14.9. The molecule has 0 aliphatic carbocycles. The van der Waals surface area contributed by atoms with Crippen molar-refractivity contribution in [2.45, 2.75) is 63.3 Å². The van der Waals surface area contributed by atoms with E-state index in [1.807, 2.05) is 24.3 Å². The van der Waals surface area contributed by atoms with Gasteiger partial charge in [-0.3, -0.25) is 9.59 Å². The van der Waals surface area contributed by atoms with Crippen molar-refractivity contribution in [3.8, 4) is 5.75 Å². The Morgan fingerprint density at radius 3 is 2.59 bits per heavy atom. The molecule has 2 heterocycles. The summed E-state index contributed by atoms with van der Waals surface area (Å²) >= 11 is 0. The van der Waals surface area contributed by atoms with Crippen LogP contribution in [-0.2, 0) is 27.8 Å². The van der Waals surface area contributed by atoms with E-state index in [-0.39, 0.29) is 31.3 Å². The predicted molar refractivity (Wildman–Crippen MR) is 144 cm³/mol. The highest BCUT2D eigenvalue weighted by Crippen LogP contribution is 2.41. The Morgan fingerprint density at radius 1 is 1.15 bits per heavy atom. The molecular formula is C30H36F2N4O3. The van der Waals surface area contributed by atoms with E-state index in [1.165, 1.54) is 6.07 Å². The number of aromatic amines is 1. The Hall–Kier alpha value is -3.75. The van der Waals surface area contributed by atoms with Crippen LogP contribution in [0, 0.1) is 11.6 Å². The second kappa shape index (κ2) is 12.9. The molecule has 1 aromatic heterocycles. The van der Waals surface area contributed by atoms with Crippen molar-refractivity contribution in [2.75, 3.05) is 20.2 Å². The van der Waals surface area contributed by atoms with E-state index in [4.69, 9.17) is 4.74 Å². The smallest absolute Gasteiger partial charge is 0.245 e. The molecule has 0 bridgehead atoms. The number of methoxy groups -OCH3 is 1. The van der Waals surface area contributed by atoms with E-state index in [2.05, 4.69) is 22.2 Å². The third kappa shape index (κ3) is 7.02. The lowest BCUT2D eigenvalue weighted by atomic mass is 9.69. The average molecular weight is 539 g/mol. The topological polar surface area (TPSA) is 87.3 Å². The van der Waals surface area contributed by atoms with Gasteiger partial charge < -0.3 is 19.9 Å². The van der Waals surface area contributed by atoms with E-state index in [0.717, 1.165) is 42.7 Å². The van der Waals surface area contributed by atoms with Crippen LogP contribution in [0.4, 0.5) is 8.78 Å². The molecule has 3 aromatic rings. The SMILES string of the molecule is CCCCCC1(c2cc(F)ccc2F)CN(C(=O)C(Cc2ccc(OC)cc2)NC(=O)CCc2c[nH]cn2)C1. The number of hydrogen-bond acceptors (Lipinski definition) is 4. The number of nitrogens with one attached hydrogen (secondary N) is 2. The van der Waals surface area contributed by atoms with Gasteiger partial charge in [0.2, 0.25) is 11.8 Å². The number of hydrogen-bond donors (Lipinski definition) is 2. The molecule has 39 heavy (non-hydrogen) atoms. The number of unbranched alkanes of at least 4 members (excludes halogenated alkanes) is 2. The molecule has 1 aliphatic heterocycles. The monoisotopic (exact) mass is 538 g/mol. The molecule has 2 aromatic carbocycles. The number of carbonyl (C=O) groups is 2. The maximum atomic E-state index is 14.9. The number of nitrogens with zero attached hydrogens (tertiary/aromatic N) is 2. The van der Waals surface area contributed by atoms with Gasteiger partial charge in [-0.2, -0.15) is 0 Å². The molecule has 1 fully saturated rings. The number of H-pyrrole nitrogens is 1. The van der Waals surface area contributed by atoms with Crippen molar-refractivity contribution >= 4 is 11.8 Å². The number of aromatic nitrogens is 2. The van der Waals surface area contributed by atoms with Gasteiger partial charge in [-0.25, -0.2) is 13.8 Å². The van der Waals surface area contributed by atoms with Gasteiger partial charge >= 0.3 is 0 Å². The van der Waals surface area contributed by atoms with Gasteiger partial charge in [-0.05, 0) is 48.7 Å². The number of imidazole rings is 1. The Balaban J connectivity index is 1.50. The van der Waals surface area contributed by atoms with Crippen LogP contribution in [0.3, 0.4) is 0 Å². The van der Waals surface area contributed by atoms with Gasteiger partial charge in [0.25, 0.3) is 0 Å². The lowest BCUT2D eigenvalue weighted by Gasteiger charge is -2.52. The van der Waals surface area contributed by atoms with E-state index < -0.39 is 23.1 Å². The predicted octanol–water partition coefficient (Wildman–Crippen LogP) is 4.72. The third-order valence-corrected chi connectivity index (χ3v) is 7.45. The summed E-state index contributed by atoms with van der Waals surface area (Å²) in [5, 5.41) is 2.91. The summed E-state index contributed by atoms with van der Waals surface area (Å²) in [6, 6.07) is 10.1. The lowest BCUT2D eigenvalue weighted by Crippen LogP contribution is -2.65. The van der Waals surface area contributed by atoms with Gasteiger partial charge in [0.1, 0.15) is 23.4 Å². The number of likely N-dealkylation sites (tertiary alicyclic amines) is 1. The van der Waals surface area contributed by atoms with Crippen LogP contribution in [0.25, 0.3) is 0 Å². The highest BCUT2D eigenvalue weighted by Gasteiger charge is 2.48. The number of carbonyl (C=O) groups excluding carboxylic acids is 2. The number of ether oxygens (including phenoxy) is 1. The first-order valence-corrected chi connectivity index (χ1v) is 13.5. The summed E-state index contributed by atoms with van der Waals surface area (Å²) in [5.74, 6) is -0.743. The third-order valence-electron chi connectivity index (χ3n) is 7.45. The standard InChI is InChI=1S/C30H36F2N4O3/c1-3-4-5-14-30(25-16-22(31)8-12-26(25)32)18-36(19-30)29(38)27(15-21-6-10-24(39-2)11-7-21)35-28(37)13-9-23-17-33-20-34-23/h6-8,10-12,16-17,20,27H,3-5,9,13-15,18-19H2,1-2H3,(H,33,34)(H,35,37). The summed E-state index contributed by atoms with van der Waals surface area (Å²) < 4.78 is 34.2. The molecule has 2 N–H and O–H groups in total. The second-order valence-electron chi connectivity index (χ2n) is 10.3. The molecule has 0 saturated carbocycles. The Bertz CT molecular complexity index is 1240. The van der Waals surface area contributed by atoms with Crippen LogP contribution in [0.15, 0.2) is 55.0 Å². The number of amides is 2. The van der Waals surface area contributed by atoms with E-state index in [1.54, 1.807) is 24.5 Å². The molecule has 1 unspecified atom stereocenters. The van der Waals surface area contributed by atoms with Gasteiger partial charge in [-0.1, -0.05) is 38.3 Å². The lowest BCUT2D eigenvalue weighted by molar-refractivity contribution is -0.143. The fourth-order valence-corrected chi connectivity index (χ4v) is 5.27. The van der Waals surface area contributed by atoms with Crippen molar-refractivity contribution in [1.82, 2.24) is 20.2 Å². The summed E-state index contributed by atoms with van der Waals surface area (Å²) in [5.41, 5.74) is 1.30. The highest BCUT2D eigenvalue weighted by molar-refractivity contribution is 5.88. The molecule has 7 nitrogen and oxygen atoms in total. The molecule has 4 rings (SSSR count). The maximum Gasteiger partial charge on any atom is 0.245 e. The van der Waals surface area contributed by atoms with E-state index >= 15 is 0 Å². The van der Waals surface area contributed by atoms with Crippen LogP contribution in [0.2, 0.25) is 0 Å². The Kier molecular flexibility index (Phi) is 9.32. The molecule has 0 radical (unpaired) electrons. The maximum absolute atomic E-state index is 14.9. The molecule has 1 saturated heterocycles. The van der Waals surface area contributed by atoms with Gasteiger partial charge in [0.15, 0.2) is 0 Å². The van der Waals surface area contributed by atoms with E-state index in [9.17, 15) is 18.4 Å². The zero-order valence-corrected chi connectivity index (χ0v) is 22.5. The first-order chi connectivity index (χ1) is 18.8. The van der Waals surface area contributed by atoms with Gasteiger partial charge in [-0.15, -0.1) is 0 Å². The average Bonchev–Trinajstić information content (AvgIpc) is 3.44. The Morgan fingerprint density at radius 2 is 1.92 bits per heavy atom. The first kappa shape index (κ1) is 28.3. The summed E-state index contributed by atoms with van der Waals surface area (Å²) in [4.78, 5) is 35.2. The highest BCUT2D eigenvalue weighted by atomic mass is 19.1. The second-order valence-corrected chi connectivity index (χ2v) is 10.3. The summed E-state index contributed by atoms with van der Waals surface area (Å²) in [7, 11) is 1.58. The molecule has 0 spiro atoms. The van der Waals surface area contributed by atoms with Gasteiger partial charge in [0.05, 0.1) is 19.1 Å². The van der Waals surface area contributed by atoms with Crippen molar-refractivity contribution in [3.05, 3.63) is 83.4 Å². The summed E-state index contributed by atoms with van der Waals surface area (Å²) in [6.07, 6.45) is 7.70. The van der Waals surface area contributed by atoms with Crippen LogP contribution in [-0.4, -0.2) is 52.9 Å². The van der Waals surface area contributed by atoms with Crippen molar-refractivity contribution < 1.29 is 23.1 Å². The van der Waals surface area contributed by atoms with Crippen molar-refractivity contribution in [3.63, 3.8) is 0 Å². The Labute approximate surface area is 228 Å². The largest absolute Gasteiger partial charge is 0.497 e. The first-order valence-electron chi connectivity index (χ1n) is 13.5. The fourth-order valence-electron chi connectivity index (χ4n) is 5.27. The van der Waals surface area contributed by atoms with Gasteiger partial charge in [0, 0.05) is 43.1 Å². The number of rotatable bonds is 13. The van der Waals surface area contributed by atoms with Crippen molar-refractivity contribution in [1.29, 1.82) is 0 Å². The minimum atomic E-state index is -0.795. The summed E-state index contributed by atoms with van der Waals surface area (Å²) in [6.45, 7) is 2.64. The van der Waals surface area contributed by atoms with Crippen LogP contribution >= 0.6 is 0 Å². The minimum absolute atomic E-state index is 0.187. The molecular weight excluding hydrogens is 502 g/mol. The van der Waals surface area contributed by atoms with E-state index in [0.29, 0.717) is 30.6 Å². The molecule has 208 valence electrons. The molecule has 1 aliphatic rings. The zero-order valence-electron chi connectivity index (χ0n) is 22.5. The number of aryl methyl sites for hydroxylation is 1. The number of benzene rings is 2. The quantitative estimate of drug-likeness (QED) is 0.309. The zero-order chi connectivity index (χ0) is 27.8. The molecule has 9 heteroatoms. The molecule has 1 atom stereocenters. The number of halogens is 2.